The lowest BCUT2D eigenvalue weighted by molar-refractivity contribution is -0.137. The minimum absolute atomic E-state index is 0.157. The fourth-order valence-electron chi connectivity index (χ4n) is 3.80. The molecule has 1 aliphatic carbocycles. The van der Waals surface area contributed by atoms with Crippen LogP contribution in [0, 0.1) is 0 Å². The average Bonchev–Trinajstić information content (AvgIpc) is 3.25. The Morgan fingerprint density at radius 3 is 2.35 bits per heavy atom. The number of nitrogens with zero attached hydrogens (tertiary/aromatic N) is 2. The van der Waals surface area contributed by atoms with Crippen molar-refractivity contribution in [2.45, 2.75) is 38.4 Å². The monoisotopic (exact) mass is 429 g/mol. The third-order valence-electron chi connectivity index (χ3n) is 5.48. The van der Waals surface area contributed by atoms with Crippen LogP contribution in [-0.2, 0) is 26.2 Å². The van der Waals surface area contributed by atoms with Crippen LogP contribution in [0.25, 0.3) is 0 Å². The fourth-order valence-corrected chi connectivity index (χ4v) is 3.80. The molecule has 2 aromatic carbocycles. The van der Waals surface area contributed by atoms with Gasteiger partial charge in [0.1, 0.15) is 17.2 Å². The number of amides is 1. The average molecular weight is 429 g/mol. The van der Waals surface area contributed by atoms with Crippen molar-refractivity contribution in [3.05, 3.63) is 76.6 Å². The molecule has 31 heavy (non-hydrogen) atoms. The van der Waals surface area contributed by atoms with Gasteiger partial charge in [0.25, 0.3) is 5.91 Å². The first-order valence-corrected chi connectivity index (χ1v) is 10.0. The highest BCUT2D eigenvalue weighted by atomic mass is 19.4. The molecule has 1 aliphatic rings. The molecule has 1 amide bonds. The fraction of sp³-hybridized carbons (Fsp3) is 0.304. The standard InChI is InChI=1S/C23H22F3N3O2/c1-14-3-12-19-20(14)28-29(2)21(19)22(30)27-13-15-4-8-17(9-5-15)31-18-10-6-16(7-11-18)23(24,25)26/h4-11,14H,3,12-13H2,1-2H3,(H,27,30)/t14-/m0/s1. The number of halogens is 3. The van der Waals surface area contributed by atoms with Crippen LogP contribution in [0.4, 0.5) is 13.2 Å². The van der Waals surface area contributed by atoms with Gasteiger partial charge in [-0.2, -0.15) is 18.3 Å². The molecule has 3 aromatic rings. The summed E-state index contributed by atoms with van der Waals surface area (Å²) >= 11 is 0. The zero-order valence-electron chi connectivity index (χ0n) is 17.2. The van der Waals surface area contributed by atoms with Gasteiger partial charge in [-0.05, 0) is 54.8 Å². The highest BCUT2D eigenvalue weighted by Crippen LogP contribution is 2.34. The number of carbonyl (C=O) groups is 1. The van der Waals surface area contributed by atoms with Crippen molar-refractivity contribution >= 4 is 5.91 Å². The van der Waals surface area contributed by atoms with E-state index < -0.39 is 11.7 Å². The number of aromatic nitrogens is 2. The van der Waals surface area contributed by atoms with Crippen molar-refractivity contribution in [2.75, 3.05) is 0 Å². The second-order valence-electron chi connectivity index (χ2n) is 7.73. The second-order valence-corrected chi connectivity index (χ2v) is 7.73. The quantitative estimate of drug-likeness (QED) is 0.606. The molecule has 0 aliphatic heterocycles. The number of ether oxygens (including phenoxy) is 1. The van der Waals surface area contributed by atoms with E-state index in [9.17, 15) is 18.0 Å². The Labute approximate surface area is 177 Å². The van der Waals surface area contributed by atoms with E-state index in [1.54, 1.807) is 36.0 Å². The number of hydrogen-bond acceptors (Lipinski definition) is 3. The molecule has 5 nitrogen and oxygen atoms in total. The van der Waals surface area contributed by atoms with E-state index in [4.69, 9.17) is 4.74 Å². The Morgan fingerprint density at radius 2 is 1.74 bits per heavy atom. The van der Waals surface area contributed by atoms with Crippen LogP contribution < -0.4 is 10.1 Å². The number of fused-ring (bicyclic) bond motifs is 1. The lowest BCUT2D eigenvalue weighted by Crippen LogP contribution is -2.26. The van der Waals surface area contributed by atoms with Gasteiger partial charge in [0.05, 0.1) is 11.3 Å². The van der Waals surface area contributed by atoms with E-state index in [-0.39, 0.29) is 5.91 Å². The van der Waals surface area contributed by atoms with Crippen molar-refractivity contribution in [2.24, 2.45) is 7.05 Å². The molecule has 1 aromatic heterocycles. The number of carbonyl (C=O) groups excluding carboxylic acids is 1. The van der Waals surface area contributed by atoms with Gasteiger partial charge >= 0.3 is 6.18 Å². The molecular formula is C23H22F3N3O2. The lowest BCUT2D eigenvalue weighted by Gasteiger charge is -2.10. The number of nitrogens with one attached hydrogen (secondary N) is 1. The van der Waals surface area contributed by atoms with E-state index in [1.165, 1.54) is 12.1 Å². The maximum atomic E-state index is 12.7. The summed E-state index contributed by atoms with van der Waals surface area (Å²) in [4.78, 5) is 12.7. The molecular weight excluding hydrogens is 407 g/mol. The van der Waals surface area contributed by atoms with Gasteiger partial charge in [0, 0.05) is 25.1 Å². The molecule has 1 heterocycles. The van der Waals surface area contributed by atoms with Gasteiger partial charge in [0.15, 0.2) is 0 Å². The van der Waals surface area contributed by atoms with Crippen LogP contribution in [0.1, 0.15) is 52.1 Å². The third kappa shape index (κ3) is 4.42. The summed E-state index contributed by atoms with van der Waals surface area (Å²) in [6, 6.07) is 11.6. The first-order chi connectivity index (χ1) is 14.7. The SMILES string of the molecule is C[C@H]1CCc2c1nn(C)c2C(=O)NCc1ccc(Oc2ccc(C(F)(F)F)cc2)cc1. The number of aryl methyl sites for hydroxylation is 1. The summed E-state index contributed by atoms with van der Waals surface area (Å²) in [5.74, 6) is 1.03. The van der Waals surface area contributed by atoms with E-state index in [1.807, 2.05) is 0 Å². The molecule has 4 rings (SSSR count). The zero-order chi connectivity index (χ0) is 22.2. The largest absolute Gasteiger partial charge is 0.457 e. The highest BCUT2D eigenvalue weighted by molar-refractivity contribution is 5.94. The lowest BCUT2D eigenvalue weighted by atomic mass is 10.1. The van der Waals surface area contributed by atoms with Gasteiger partial charge < -0.3 is 10.1 Å². The zero-order valence-corrected chi connectivity index (χ0v) is 17.2. The van der Waals surface area contributed by atoms with Crippen molar-refractivity contribution < 1.29 is 22.7 Å². The van der Waals surface area contributed by atoms with Crippen LogP contribution in [0.2, 0.25) is 0 Å². The molecule has 1 atom stereocenters. The van der Waals surface area contributed by atoms with Gasteiger partial charge in [-0.3, -0.25) is 9.48 Å². The predicted molar refractivity (Wildman–Crippen MR) is 109 cm³/mol. The maximum absolute atomic E-state index is 12.7. The molecule has 1 N–H and O–H groups in total. The van der Waals surface area contributed by atoms with Gasteiger partial charge in [-0.25, -0.2) is 0 Å². The van der Waals surface area contributed by atoms with Crippen LogP contribution in [0.3, 0.4) is 0 Å². The summed E-state index contributed by atoms with van der Waals surface area (Å²) in [5.41, 5.74) is 2.81. The first kappa shape index (κ1) is 21.0. The predicted octanol–water partition coefficient (Wildman–Crippen LogP) is 5.21. The molecule has 0 radical (unpaired) electrons. The van der Waals surface area contributed by atoms with E-state index in [0.717, 1.165) is 41.8 Å². The van der Waals surface area contributed by atoms with Crippen molar-refractivity contribution in [3.8, 4) is 11.5 Å². The van der Waals surface area contributed by atoms with Crippen LogP contribution >= 0.6 is 0 Å². The minimum atomic E-state index is -4.38. The van der Waals surface area contributed by atoms with Crippen molar-refractivity contribution in [1.82, 2.24) is 15.1 Å². The molecule has 0 bridgehead atoms. The third-order valence-corrected chi connectivity index (χ3v) is 5.48. The second kappa shape index (κ2) is 8.09. The molecule has 0 saturated carbocycles. The Balaban J connectivity index is 1.36. The van der Waals surface area contributed by atoms with Gasteiger partial charge in [0.2, 0.25) is 0 Å². The summed E-state index contributed by atoms with van der Waals surface area (Å²) in [6.45, 7) is 2.46. The number of alkyl halides is 3. The number of benzene rings is 2. The van der Waals surface area contributed by atoms with E-state index >= 15 is 0 Å². The molecule has 0 spiro atoms. The van der Waals surface area contributed by atoms with E-state index in [0.29, 0.717) is 29.7 Å². The van der Waals surface area contributed by atoms with Crippen LogP contribution in [0.5, 0.6) is 11.5 Å². The molecule has 162 valence electrons. The maximum Gasteiger partial charge on any atom is 0.416 e. The number of rotatable bonds is 5. The Morgan fingerprint density at radius 1 is 1.13 bits per heavy atom. The van der Waals surface area contributed by atoms with Crippen LogP contribution in [0.15, 0.2) is 48.5 Å². The molecule has 0 saturated heterocycles. The van der Waals surface area contributed by atoms with Gasteiger partial charge in [-0.1, -0.05) is 19.1 Å². The normalized spacial score (nSPS) is 15.6. The van der Waals surface area contributed by atoms with E-state index in [2.05, 4.69) is 17.3 Å². The van der Waals surface area contributed by atoms with Crippen LogP contribution in [-0.4, -0.2) is 15.7 Å². The summed E-state index contributed by atoms with van der Waals surface area (Å²) in [5, 5.41) is 7.42. The Hall–Kier alpha value is -3.29. The minimum Gasteiger partial charge on any atom is -0.457 e. The van der Waals surface area contributed by atoms with Crippen molar-refractivity contribution in [3.63, 3.8) is 0 Å². The number of hydrogen-bond donors (Lipinski definition) is 1. The smallest absolute Gasteiger partial charge is 0.416 e. The summed E-state index contributed by atoms with van der Waals surface area (Å²) in [6.07, 6.45) is -2.50. The first-order valence-electron chi connectivity index (χ1n) is 10.0. The Bertz CT molecular complexity index is 1090. The molecule has 0 unspecified atom stereocenters. The molecule has 8 heteroatoms. The van der Waals surface area contributed by atoms with Crippen molar-refractivity contribution in [1.29, 1.82) is 0 Å². The summed E-state index contributed by atoms with van der Waals surface area (Å²) in [7, 11) is 1.79. The summed E-state index contributed by atoms with van der Waals surface area (Å²) < 4.78 is 45.2. The molecule has 0 fully saturated rings. The van der Waals surface area contributed by atoms with Gasteiger partial charge in [-0.15, -0.1) is 0 Å². The highest BCUT2D eigenvalue weighted by Gasteiger charge is 2.30. The Kier molecular flexibility index (Phi) is 5.47. The topological polar surface area (TPSA) is 56.2 Å².